The van der Waals surface area contributed by atoms with Crippen LogP contribution in [0, 0.1) is 5.92 Å². The van der Waals surface area contributed by atoms with Gasteiger partial charge in [-0.3, -0.25) is 4.79 Å². The van der Waals surface area contributed by atoms with Crippen molar-refractivity contribution in [1.82, 2.24) is 9.88 Å². The summed E-state index contributed by atoms with van der Waals surface area (Å²) in [7, 11) is 1.63. The summed E-state index contributed by atoms with van der Waals surface area (Å²) in [5.41, 5.74) is 2.20. The van der Waals surface area contributed by atoms with Gasteiger partial charge in [0, 0.05) is 24.8 Å². The maximum absolute atomic E-state index is 12.5. The van der Waals surface area contributed by atoms with E-state index in [1.165, 1.54) is 10.9 Å². The van der Waals surface area contributed by atoms with Gasteiger partial charge < -0.3 is 19.4 Å². The van der Waals surface area contributed by atoms with Crippen molar-refractivity contribution < 1.29 is 14.3 Å². The van der Waals surface area contributed by atoms with Crippen molar-refractivity contribution in [3.8, 4) is 11.5 Å². The molecule has 3 aromatic rings. The van der Waals surface area contributed by atoms with Crippen molar-refractivity contribution in [2.75, 3.05) is 20.3 Å². The van der Waals surface area contributed by atoms with Gasteiger partial charge in [0.1, 0.15) is 6.61 Å². The molecule has 26 heavy (non-hydrogen) atoms. The van der Waals surface area contributed by atoms with Crippen molar-refractivity contribution in [3.05, 3.63) is 60.3 Å². The zero-order chi connectivity index (χ0) is 17.9. The van der Waals surface area contributed by atoms with Crippen molar-refractivity contribution in [2.45, 2.75) is 13.0 Å². The first-order valence-electron chi connectivity index (χ1n) is 8.86. The van der Waals surface area contributed by atoms with E-state index in [9.17, 15) is 4.79 Å². The third kappa shape index (κ3) is 3.12. The average molecular weight is 350 g/mol. The highest BCUT2D eigenvalue weighted by Gasteiger charge is 2.27. The second kappa shape index (κ2) is 7.12. The molecule has 5 nitrogen and oxygen atoms in total. The van der Waals surface area contributed by atoms with E-state index in [1.54, 1.807) is 7.11 Å². The quantitative estimate of drug-likeness (QED) is 0.770. The number of hydrogen-bond acceptors (Lipinski definition) is 3. The van der Waals surface area contributed by atoms with Gasteiger partial charge in [0.25, 0.3) is 0 Å². The number of amides is 1. The van der Waals surface area contributed by atoms with Gasteiger partial charge in [-0.25, -0.2) is 0 Å². The van der Waals surface area contributed by atoms with Gasteiger partial charge in [-0.05, 0) is 35.6 Å². The lowest BCUT2D eigenvalue weighted by atomic mass is 9.95. The highest BCUT2D eigenvalue weighted by atomic mass is 16.5. The zero-order valence-corrected chi connectivity index (χ0v) is 14.8. The van der Waals surface area contributed by atoms with Crippen LogP contribution in [0.2, 0.25) is 0 Å². The normalized spacial score (nSPS) is 16.0. The Labute approximate surface area is 152 Å². The third-order valence-electron chi connectivity index (χ3n) is 4.88. The molecule has 1 atom stereocenters. The molecule has 1 amide bonds. The zero-order valence-electron chi connectivity index (χ0n) is 14.8. The van der Waals surface area contributed by atoms with Gasteiger partial charge in [0.15, 0.2) is 11.5 Å². The highest BCUT2D eigenvalue weighted by molar-refractivity contribution is 5.80. The number of hydrogen-bond donors (Lipinski definition) is 1. The van der Waals surface area contributed by atoms with Gasteiger partial charge in [-0.1, -0.05) is 30.3 Å². The van der Waals surface area contributed by atoms with Crippen LogP contribution < -0.4 is 14.8 Å². The number of rotatable bonds is 5. The molecule has 1 N–H and O–H groups in total. The number of carbonyl (C=O) groups excluding carboxylic acids is 1. The molecule has 0 saturated carbocycles. The Kier molecular flexibility index (Phi) is 4.52. The molecule has 0 radical (unpaired) electrons. The number of ether oxygens (including phenoxy) is 2. The number of para-hydroxylation sites is 2. The molecule has 2 aromatic carbocycles. The molecular weight excluding hydrogens is 328 g/mol. The van der Waals surface area contributed by atoms with Gasteiger partial charge in [-0.15, -0.1) is 0 Å². The second-order valence-corrected chi connectivity index (χ2v) is 6.52. The molecule has 2 heterocycles. The van der Waals surface area contributed by atoms with Gasteiger partial charge >= 0.3 is 0 Å². The molecule has 1 aliphatic rings. The predicted molar refractivity (Wildman–Crippen MR) is 101 cm³/mol. The maximum Gasteiger partial charge on any atom is 0.226 e. The number of fused-ring (bicyclic) bond motifs is 2. The molecule has 5 heteroatoms. The summed E-state index contributed by atoms with van der Waals surface area (Å²) >= 11 is 0. The third-order valence-corrected chi connectivity index (χ3v) is 4.88. The number of methoxy groups -OCH3 is 1. The maximum atomic E-state index is 12.5. The van der Waals surface area contributed by atoms with Crippen molar-refractivity contribution in [1.29, 1.82) is 0 Å². The summed E-state index contributed by atoms with van der Waals surface area (Å²) in [6.45, 7) is 1.72. The molecule has 0 spiro atoms. The van der Waals surface area contributed by atoms with Crippen LogP contribution in [0.1, 0.15) is 5.56 Å². The lowest BCUT2D eigenvalue weighted by Gasteiger charge is -2.25. The molecule has 0 saturated heterocycles. The van der Waals surface area contributed by atoms with Crippen LogP contribution in [0.3, 0.4) is 0 Å². The van der Waals surface area contributed by atoms with E-state index in [4.69, 9.17) is 9.47 Å². The van der Waals surface area contributed by atoms with Crippen LogP contribution in [-0.4, -0.2) is 30.7 Å². The molecule has 0 unspecified atom stereocenters. The topological polar surface area (TPSA) is 52.5 Å². The molecule has 0 bridgehead atoms. The molecular formula is C21H22N2O3. The van der Waals surface area contributed by atoms with E-state index in [0.29, 0.717) is 19.6 Å². The largest absolute Gasteiger partial charge is 0.493 e. The number of aromatic nitrogens is 1. The number of nitrogens with zero attached hydrogens (tertiary/aromatic N) is 1. The molecule has 4 rings (SSSR count). The summed E-state index contributed by atoms with van der Waals surface area (Å²) < 4.78 is 13.3. The SMILES string of the molecule is COc1cccc2c1OC[C@H](C(=O)NCCn1ccc3ccccc31)C2. The van der Waals surface area contributed by atoms with Crippen LogP contribution in [0.25, 0.3) is 10.9 Å². The Balaban J connectivity index is 1.35. The number of nitrogens with one attached hydrogen (secondary N) is 1. The van der Waals surface area contributed by atoms with E-state index in [2.05, 4.69) is 34.3 Å². The fraction of sp³-hybridized carbons (Fsp3) is 0.286. The van der Waals surface area contributed by atoms with Crippen molar-refractivity contribution in [3.63, 3.8) is 0 Å². The minimum atomic E-state index is -0.170. The van der Waals surface area contributed by atoms with Gasteiger partial charge in [-0.2, -0.15) is 0 Å². The Hall–Kier alpha value is -2.95. The molecule has 1 aromatic heterocycles. The van der Waals surface area contributed by atoms with E-state index in [-0.39, 0.29) is 11.8 Å². The first-order chi connectivity index (χ1) is 12.8. The summed E-state index contributed by atoms with van der Waals surface area (Å²) in [5, 5.41) is 4.26. The monoisotopic (exact) mass is 350 g/mol. The van der Waals surface area contributed by atoms with Crippen molar-refractivity contribution >= 4 is 16.8 Å². The smallest absolute Gasteiger partial charge is 0.226 e. The van der Waals surface area contributed by atoms with Crippen LogP contribution in [0.5, 0.6) is 11.5 Å². The molecule has 0 aliphatic carbocycles. The predicted octanol–water partition coefficient (Wildman–Crippen LogP) is 3.02. The fourth-order valence-electron chi connectivity index (χ4n) is 3.50. The molecule has 134 valence electrons. The van der Waals surface area contributed by atoms with Crippen LogP contribution in [-0.2, 0) is 17.8 Å². The molecule has 1 aliphatic heterocycles. The standard InChI is InChI=1S/C21H22N2O3/c1-25-19-8-4-6-16-13-17(14-26-20(16)19)21(24)22-10-12-23-11-9-15-5-2-3-7-18(15)23/h2-9,11,17H,10,12-14H2,1H3,(H,22,24)/t17-/m1/s1. The Bertz CT molecular complexity index is 932. The van der Waals surface area contributed by atoms with E-state index in [1.807, 2.05) is 30.3 Å². The number of carbonyl (C=O) groups is 1. The van der Waals surface area contributed by atoms with Gasteiger partial charge in [0.05, 0.1) is 13.0 Å². The first kappa shape index (κ1) is 16.5. The number of benzene rings is 2. The van der Waals surface area contributed by atoms with E-state index < -0.39 is 0 Å². The van der Waals surface area contributed by atoms with Crippen LogP contribution in [0.15, 0.2) is 54.7 Å². The van der Waals surface area contributed by atoms with Crippen molar-refractivity contribution in [2.24, 2.45) is 5.92 Å². The Morgan fingerprint density at radius 1 is 1.23 bits per heavy atom. The summed E-state index contributed by atoms with van der Waals surface area (Å²) in [6, 6.07) is 16.1. The average Bonchev–Trinajstić information content (AvgIpc) is 3.10. The minimum absolute atomic E-state index is 0.0370. The summed E-state index contributed by atoms with van der Waals surface area (Å²) in [5.74, 6) is 1.35. The lowest BCUT2D eigenvalue weighted by molar-refractivity contribution is -0.126. The van der Waals surface area contributed by atoms with Crippen LogP contribution >= 0.6 is 0 Å². The summed E-state index contributed by atoms with van der Waals surface area (Å²) in [4.78, 5) is 12.5. The minimum Gasteiger partial charge on any atom is -0.493 e. The molecule has 0 fully saturated rings. The van der Waals surface area contributed by atoms with E-state index in [0.717, 1.165) is 23.6 Å². The van der Waals surface area contributed by atoms with Crippen LogP contribution in [0.4, 0.5) is 0 Å². The first-order valence-corrected chi connectivity index (χ1v) is 8.86. The van der Waals surface area contributed by atoms with Gasteiger partial charge in [0.2, 0.25) is 5.91 Å². The Morgan fingerprint density at radius 3 is 3.00 bits per heavy atom. The Morgan fingerprint density at radius 2 is 2.12 bits per heavy atom. The fourth-order valence-corrected chi connectivity index (χ4v) is 3.50. The van der Waals surface area contributed by atoms with E-state index >= 15 is 0 Å². The second-order valence-electron chi connectivity index (χ2n) is 6.52. The highest BCUT2D eigenvalue weighted by Crippen LogP contribution is 2.36. The lowest BCUT2D eigenvalue weighted by Crippen LogP contribution is -2.38. The summed E-state index contributed by atoms with van der Waals surface area (Å²) in [6.07, 6.45) is 2.73.